The van der Waals surface area contributed by atoms with Gasteiger partial charge in [-0.25, -0.2) is 4.39 Å². The van der Waals surface area contributed by atoms with E-state index in [4.69, 9.17) is 0 Å². The Balaban J connectivity index is 2.22. The second kappa shape index (κ2) is 4.00. The number of hydrogen-bond acceptors (Lipinski definition) is 3. The van der Waals surface area contributed by atoms with Crippen molar-refractivity contribution in [2.24, 2.45) is 0 Å². The molecule has 1 aromatic carbocycles. The van der Waals surface area contributed by atoms with E-state index in [1.165, 1.54) is 10.9 Å². The standard InChI is InChI=1S/C10H9FN4/c1-8-12-14-15(13-8)7-6-9-4-2-3-5-10(9)11/h2-7H,1H3/b7-6+. The van der Waals surface area contributed by atoms with Gasteiger partial charge in [-0.2, -0.15) is 0 Å². The fraction of sp³-hybridized carbons (Fsp3) is 0.100. The molecule has 5 heteroatoms. The molecule has 0 atom stereocenters. The first-order chi connectivity index (χ1) is 7.25. The zero-order chi connectivity index (χ0) is 10.7. The summed E-state index contributed by atoms with van der Waals surface area (Å²) in [7, 11) is 0. The molecule has 0 aliphatic carbocycles. The van der Waals surface area contributed by atoms with E-state index in [2.05, 4.69) is 15.4 Å². The summed E-state index contributed by atoms with van der Waals surface area (Å²) in [4.78, 5) is 1.29. The first kappa shape index (κ1) is 9.51. The molecule has 15 heavy (non-hydrogen) atoms. The summed E-state index contributed by atoms with van der Waals surface area (Å²) in [6, 6.07) is 6.49. The van der Waals surface area contributed by atoms with Crippen LogP contribution in [0.15, 0.2) is 24.3 Å². The average molecular weight is 204 g/mol. The summed E-state index contributed by atoms with van der Waals surface area (Å²) in [6.45, 7) is 1.74. The Morgan fingerprint density at radius 2 is 2.13 bits per heavy atom. The van der Waals surface area contributed by atoms with Crippen molar-refractivity contribution >= 4 is 12.3 Å². The molecule has 0 aliphatic rings. The Hall–Kier alpha value is -2.04. The summed E-state index contributed by atoms with van der Waals surface area (Å²) >= 11 is 0. The number of aromatic nitrogens is 4. The number of rotatable bonds is 2. The normalized spacial score (nSPS) is 11.1. The molecule has 0 saturated heterocycles. The lowest BCUT2D eigenvalue weighted by Gasteiger charge is -1.93. The lowest BCUT2D eigenvalue weighted by atomic mass is 10.2. The summed E-state index contributed by atoms with van der Waals surface area (Å²) < 4.78 is 13.2. The maximum Gasteiger partial charge on any atom is 0.172 e. The average Bonchev–Trinajstić information content (AvgIpc) is 2.63. The molecule has 2 rings (SSSR count). The van der Waals surface area contributed by atoms with Crippen molar-refractivity contribution in [1.82, 2.24) is 20.2 Å². The highest BCUT2D eigenvalue weighted by Crippen LogP contribution is 2.08. The van der Waals surface area contributed by atoms with E-state index in [0.29, 0.717) is 11.4 Å². The minimum Gasteiger partial charge on any atom is -0.206 e. The van der Waals surface area contributed by atoms with Crippen LogP contribution in [0.4, 0.5) is 4.39 Å². The highest BCUT2D eigenvalue weighted by Gasteiger charge is 1.96. The van der Waals surface area contributed by atoms with Gasteiger partial charge in [-0.05, 0) is 24.3 Å². The van der Waals surface area contributed by atoms with Crippen LogP contribution in [0.3, 0.4) is 0 Å². The van der Waals surface area contributed by atoms with Gasteiger partial charge in [-0.15, -0.1) is 15.0 Å². The number of tetrazole rings is 1. The molecular formula is C10H9FN4. The van der Waals surface area contributed by atoms with Crippen LogP contribution in [0.25, 0.3) is 12.3 Å². The van der Waals surface area contributed by atoms with Crippen molar-refractivity contribution < 1.29 is 4.39 Å². The molecular weight excluding hydrogens is 195 g/mol. The third kappa shape index (κ3) is 2.25. The van der Waals surface area contributed by atoms with Crippen LogP contribution in [0, 0.1) is 12.7 Å². The first-order valence-corrected chi connectivity index (χ1v) is 4.44. The maximum absolute atomic E-state index is 13.2. The Bertz CT molecular complexity index is 490. The number of benzene rings is 1. The van der Waals surface area contributed by atoms with Gasteiger partial charge in [-0.1, -0.05) is 18.2 Å². The van der Waals surface area contributed by atoms with E-state index >= 15 is 0 Å². The van der Waals surface area contributed by atoms with Gasteiger partial charge in [0.05, 0.1) is 6.20 Å². The predicted molar refractivity (Wildman–Crippen MR) is 54.2 cm³/mol. The van der Waals surface area contributed by atoms with Crippen molar-refractivity contribution in [2.45, 2.75) is 6.92 Å². The van der Waals surface area contributed by atoms with Gasteiger partial charge >= 0.3 is 0 Å². The first-order valence-electron chi connectivity index (χ1n) is 4.44. The molecule has 0 fully saturated rings. The van der Waals surface area contributed by atoms with Gasteiger partial charge < -0.3 is 0 Å². The van der Waals surface area contributed by atoms with E-state index in [-0.39, 0.29) is 5.82 Å². The Labute approximate surface area is 86.0 Å². The fourth-order valence-corrected chi connectivity index (χ4v) is 1.12. The van der Waals surface area contributed by atoms with Gasteiger partial charge in [-0.3, -0.25) is 0 Å². The predicted octanol–water partition coefficient (Wildman–Crippen LogP) is 1.75. The Morgan fingerprint density at radius 1 is 1.33 bits per heavy atom. The van der Waals surface area contributed by atoms with Gasteiger partial charge in [0, 0.05) is 5.56 Å². The molecule has 1 heterocycles. The molecule has 0 saturated carbocycles. The molecule has 0 radical (unpaired) electrons. The third-order valence-corrected chi connectivity index (χ3v) is 1.82. The lowest BCUT2D eigenvalue weighted by Crippen LogP contribution is -1.91. The minimum absolute atomic E-state index is 0.273. The number of halogens is 1. The van der Waals surface area contributed by atoms with Crippen molar-refractivity contribution in [1.29, 1.82) is 0 Å². The number of nitrogens with zero attached hydrogens (tertiary/aromatic N) is 4. The van der Waals surface area contributed by atoms with Crippen LogP contribution in [0.1, 0.15) is 11.4 Å². The summed E-state index contributed by atoms with van der Waals surface area (Å²) in [5.41, 5.74) is 0.493. The van der Waals surface area contributed by atoms with Crippen LogP contribution < -0.4 is 0 Å². The SMILES string of the molecule is Cc1nnn(/C=C/c2ccccc2F)n1. The molecule has 0 aliphatic heterocycles. The van der Waals surface area contributed by atoms with Gasteiger partial charge in [0.25, 0.3) is 0 Å². The fourth-order valence-electron chi connectivity index (χ4n) is 1.12. The second-order valence-electron chi connectivity index (χ2n) is 2.99. The lowest BCUT2D eigenvalue weighted by molar-refractivity contribution is 0.625. The number of aryl methyl sites for hydroxylation is 1. The van der Waals surface area contributed by atoms with E-state index in [9.17, 15) is 4.39 Å². The van der Waals surface area contributed by atoms with Crippen molar-refractivity contribution in [3.63, 3.8) is 0 Å². The molecule has 0 spiro atoms. The molecule has 0 amide bonds. The largest absolute Gasteiger partial charge is 0.206 e. The van der Waals surface area contributed by atoms with Crippen LogP contribution in [0.2, 0.25) is 0 Å². The Kier molecular flexibility index (Phi) is 2.53. The molecule has 4 nitrogen and oxygen atoms in total. The smallest absolute Gasteiger partial charge is 0.172 e. The molecule has 76 valence electrons. The molecule has 0 unspecified atom stereocenters. The van der Waals surface area contributed by atoms with Gasteiger partial charge in [0.2, 0.25) is 0 Å². The van der Waals surface area contributed by atoms with Gasteiger partial charge in [0.1, 0.15) is 5.82 Å². The van der Waals surface area contributed by atoms with E-state index in [1.807, 2.05) is 0 Å². The van der Waals surface area contributed by atoms with Crippen molar-refractivity contribution in [3.05, 3.63) is 41.5 Å². The van der Waals surface area contributed by atoms with Crippen LogP contribution in [-0.2, 0) is 0 Å². The van der Waals surface area contributed by atoms with Gasteiger partial charge in [0.15, 0.2) is 5.82 Å². The highest BCUT2D eigenvalue weighted by atomic mass is 19.1. The molecule has 0 N–H and O–H groups in total. The van der Waals surface area contributed by atoms with E-state index in [0.717, 1.165) is 0 Å². The zero-order valence-corrected chi connectivity index (χ0v) is 8.13. The van der Waals surface area contributed by atoms with Crippen LogP contribution >= 0.6 is 0 Å². The quantitative estimate of drug-likeness (QED) is 0.748. The Morgan fingerprint density at radius 3 is 2.80 bits per heavy atom. The molecule has 1 aromatic heterocycles. The van der Waals surface area contributed by atoms with E-state index < -0.39 is 0 Å². The second-order valence-corrected chi connectivity index (χ2v) is 2.99. The van der Waals surface area contributed by atoms with E-state index in [1.54, 1.807) is 37.4 Å². The summed E-state index contributed by atoms with van der Waals surface area (Å²) in [5, 5.41) is 11.4. The molecule has 0 bridgehead atoms. The summed E-state index contributed by atoms with van der Waals surface area (Å²) in [6.07, 6.45) is 3.15. The minimum atomic E-state index is -0.273. The third-order valence-electron chi connectivity index (χ3n) is 1.82. The van der Waals surface area contributed by atoms with Crippen molar-refractivity contribution in [2.75, 3.05) is 0 Å². The monoisotopic (exact) mass is 204 g/mol. The molecule has 2 aromatic rings. The highest BCUT2D eigenvalue weighted by molar-refractivity contribution is 5.59. The van der Waals surface area contributed by atoms with Crippen molar-refractivity contribution in [3.8, 4) is 0 Å². The summed E-state index contributed by atoms with van der Waals surface area (Å²) in [5.74, 6) is 0.304. The van der Waals surface area contributed by atoms with Crippen LogP contribution in [-0.4, -0.2) is 20.2 Å². The van der Waals surface area contributed by atoms with Crippen LogP contribution in [0.5, 0.6) is 0 Å². The maximum atomic E-state index is 13.2. The zero-order valence-electron chi connectivity index (χ0n) is 8.13. The topological polar surface area (TPSA) is 43.6 Å². The number of hydrogen-bond donors (Lipinski definition) is 0.